The van der Waals surface area contributed by atoms with Crippen LogP contribution in [0.5, 0.6) is 0 Å². The van der Waals surface area contributed by atoms with Gasteiger partial charge in [-0.1, -0.05) is 29.8 Å². The smallest absolute Gasteiger partial charge is 0.321 e. The lowest BCUT2D eigenvalue weighted by Crippen LogP contribution is -2.39. The van der Waals surface area contributed by atoms with Gasteiger partial charge in [-0.3, -0.25) is 10.1 Å². The van der Waals surface area contributed by atoms with Gasteiger partial charge in [0.05, 0.1) is 0 Å². The predicted molar refractivity (Wildman–Crippen MR) is 81.7 cm³/mol. The fraction of sp³-hybridized carbons (Fsp3) is 0.125. The van der Waals surface area contributed by atoms with E-state index in [1.54, 1.807) is 24.3 Å². The van der Waals surface area contributed by atoms with Gasteiger partial charge in [0.2, 0.25) is 0 Å². The molecule has 0 fully saturated rings. The van der Waals surface area contributed by atoms with E-state index in [1.165, 1.54) is 0 Å². The zero-order valence-electron chi connectivity index (χ0n) is 11.7. The molecule has 0 saturated carbocycles. The molecule has 0 atom stereocenters. The normalized spacial score (nSPS) is 9.95. The van der Waals surface area contributed by atoms with Crippen LogP contribution < -0.4 is 16.4 Å². The van der Waals surface area contributed by atoms with E-state index in [0.717, 1.165) is 11.1 Å². The molecule has 0 heterocycles. The maximum Gasteiger partial charge on any atom is 0.321 e. The number of hydrogen-bond donors (Lipinski definition) is 3. The van der Waals surface area contributed by atoms with Gasteiger partial charge in [-0.15, -0.1) is 0 Å². The van der Waals surface area contributed by atoms with Crippen LogP contribution in [0.1, 0.15) is 21.5 Å². The first-order valence-corrected chi connectivity index (χ1v) is 6.55. The quantitative estimate of drug-likeness (QED) is 0.755. The Morgan fingerprint density at radius 3 is 2.24 bits per heavy atom. The van der Waals surface area contributed by atoms with Crippen LogP contribution in [0.4, 0.5) is 10.5 Å². The number of nitrogens with two attached hydrogens (primary N) is 1. The summed E-state index contributed by atoms with van der Waals surface area (Å²) in [5.41, 5.74) is 8.61. The molecule has 0 saturated heterocycles. The number of nitrogen functional groups attached to an aromatic ring is 1. The van der Waals surface area contributed by atoms with Gasteiger partial charge in [0.25, 0.3) is 5.91 Å². The van der Waals surface area contributed by atoms with Gasteiger partial charge in [0.1, 0.15) is 0 Å². The van der Waals surface area contributed by atoms with E-state index in [9.17, 15) is 9.59 Å². The summed E-state index contributed by atoms with van der Waals surface area (Å²) in [7, 11) is 0. The summed E-state index contributed by atoms with van der Waals surface area (Å²) in [4.78, 5) is 23.5. The highest BCUT2D eigenvalue weighted by molar-refractivity contribution is 6.04. The van der Waals surface area contributed by atoms with E-state index >= 15 is 0 Å². The van der Waals surface area contributed by atoms with Crippen LogP contribution in [0.25, 0.3) is 0 Å². The molecule has 3 amide bonds. The summed E-state index contributed by atoms with van der Waals surface area (Å²) in [5, 5.41) is 4.90. The van der Waals surface area contributed by atoms with Crippen LogP contribution in [0.15, 0.2) is 48.5 Å². The zero-order chi connectivity index (χ0) is 15.2. The van der Waals surface area contributed by atoms with Crippen molar-refractivity contribution in [3.8, 4) is 0 Å². The Morgan fingerprint density at radius 1 is 1.00 bits per heavy atom. The molecule has 5 nitrogen and oxygen atoms in total. The Balaban J connectivity index is 1.85. The molecule has 0 aromatic heterocycles. The topological polar surface area (TPSA) is 84.2 Å². The number of nitrogens with one attached hydrogen (secondary N) is 2. The number of carbonyl (C=O) groups excluding carboxylic acids is 2. The minimum Gasteiger partial charge on any atom is -0.399 e. The van der Waals surface area contributed by atoms with Crippen LogP contribution in [-0.4, -0.2) is 11.9 Å². The highest BCUT2D eigenvalue weighted by Crippen LogP contribution is 2.05. The van der Waals surface area contributed by atoms with E-state index < -0.39 is 11.9 Å². The highest BCUT2D eigenvalue weighted by Gasteiger charge is 2.09. The monoisotopic (exact) mass is 283 g/mol. The SMILES string of the molecule is Cc1ccc(CNC(=O)NC(=O)c2ccc(N)cc2)cc1. The molecule has 0 radical (unpaired) electrons. The number of benzene rings is 2. The molecule has 2 rings (SSSR count). The Labute approximate surface area is 123 Å². The number of hydrogen-bond acceptors (Lipinski definition) is 3. The van der Waals surface area contributed by atoms with Crippen LogP contribution in [0, 0.1) is 6.92 Å². The molecule has 2 aromatic carbocycles. The van der Waals surface area contributed by atoms with E-state index in [2.05, 4.69) is 10.6 Å². The second kappa shape index (κ2) is 6.56. The van der Waals surface area contributed by atoms with Gasteiger partial charge >= 0.3 is 6.03 Å². The lowest BCUT2D eigenvalue weighted by molar-refractivity contribution is 0.0964. The summed E-state index contributed by atoms with van der Waals surface area (Å²) in [5.74, 6) is -0.462. The number of aryl methyl sites for hydroxylation is 1. The van der Waals surface area contributed by atoms with Crippen LogP contribution in [0.2, 0.25) is 0 Å². The zero-order valence-corrected chi connectivity index (χ0v) is 11.7. The first kappa shape index (κ1) is 14.6. The Kier molecular flexibility index (Phi) is 4.56. The molecule has 0 bridgehead atoms. The van der Waals surface area contributed by atoms with Crippen LogP contribution in [0.3, 0.4) is 0 Å². The van der Waals surface area contributed by atoms with Gasteiger partial charge in [0.15, 0.2) is 0 Å². The molecule has 5 heteroatoms. The van der Waals surface area contributed by atoms with Crippen LogP contribution >= 0.6 is 0 Å². The third kappa shape index (κ3) is 4.35. The Morgan fingerprint density at radius 2 is 1.62 bits per heavy atom. The number of amides is 3. The van der Waals surface area contributed by atoms with E-state index in [0.29, 0.717) is 17.8 Å². The molecular formula is C16H17N3O2. The van der Waals surface area contributed by atoms with Crippen molar-refractivity contribution in [3.63, 3.8) is 0 Å². The highest BCUT2D eigenvalue weighted by atomic mass is 16.2. The minimum absolute atomic E-state index is 0.362. The largest absolute Gasteiger partial charge is 0.399 e. The van der Waals surface area contributed by atoms with Crippen LogP contribution in [-0.2, 0) is 6.54 Å². The van der Waals surface area contributed by atoms with Gasteiger partial charge < -0.3 is 11.1 Å². The third-order valence-corrected chi connectivity index (χ3v) is 2.97. The van der Waals surface area contributed by atoms with Crippen molar-refractivity contribution in [3.05, 3.63) is 65.2 Å². The van der Waals surface area contributed by atoms with Crippen molar-refractivity contribution in [2.45, 2.75) is 13.5 Å². The van der Waals surface area contributed by atoms with Gasteiger partial charge in [-0.2, -0.15) is 0 Å². The average Bonchev–Trinajstić information content (AvgIpc) is 2.47. The summed E-state index contributed by atoms with van der Waals surface area (Å²) < 4.78 is 0. The first-order valence-electron chi connectivity index (χ1n) is 6.55. The standard InChI is InChI=1S/C16H17N3O2/c1-11-2-4-12(5-3-11)10-18-16(21)19-15(20)13-6-8-14(17)9-7-13/h2-9H,10,17H2,1H3,(H2,18,19,20,21). The molecular weight excluding hydrogens is 266 g/mol. The van der Waals surface area contributed by atoms with E-state index in [4.69, 9.17) is 5.73 Å². The number of carbonyl (C=O) groups is 2. The van der Waals surface area contributed by atoms with Crippen molar-refractivity contribution in [1.29, 1.82) is 0 Å². The van der Waals surface area contributed by atoms with Crippen molar-refractivity contribution in [2.75, 3.05) is 5.73 Å². The second-order valence-corrected chi connectivity index (χ2v) is 4.74. The Bertz CT molecular complexity index is 634. The molecule has 0 unspecified atom stereocenters. The molecule has 21 heavy (non-hydrogen) atoms. The summed E-state index contributed by atoms with van der Waals surface area (Å²) >= 11 is 0. The first-order chi connectivity index (χ1) is 10.0. The average molecular weight is 283 g/mol. The maximum absolute atomic E-state index is 11.8. The Hall–Kier alpha value is -2.82. The summed E-state index contributed by atoms with van der Waals surface area (Å²) in [6.07, 6.45) is 0. The number of imide groups is 1. The number of urea groups is 1. The summed E-state index contributed by atoms with van der Waals surface area (Å²) in [6.45, 7) is 2.36. The van der Waals surface area contributed by atoms with E-state index in [1.807, 2.05) is 31.2 Å². The van der Waals surface area contributed by atoms with Crippen molar-refractivity contribution >= 4 is 17.6 Å². The lowest BCUT2D eigenvalue weighted by atomic mass is 10.1. The predicted octanol–water partition coefficient (Wildman–Crippen LogP) is 2.22. The van der Waals surface area contributed by atoms with Crippen molar-refractivity contribution in [1.82, 2.24) is 10.6 Å². The third-order valence-electron chi connectivity index (χ3n) is 2.97. The fourth-order valence-electron chi connectivity index (χ4n) is 1.74. The van der Waals surface area contributed by atoms with Gasteiger partial charge in [-0.25, -0.2) is 4.79 Å². The molecule has 0 aliphatic carbocycles. The minimum atomic E-state index is -0.530. The van der Waals surface area contributed by atoms with E-state index in [-0.39, 0.29) is 0 Å². The van der Waals surface area contributed by atoms with Crippen molar-refractivity contribution in [2.24, 2.45) is 0 Å². The molecule has 0 aliphatic heterocycles. The molecule has 108 valence electrons. The lowest BCUT2D eigenvalue weighted by Gasteiger charge is -2.07. The molecule has 0 aliphatic rings. The number of anilines is 1. The molecule has 4 N–H and O–H groups in total. The molecule has 0 spiro atoms. The number of rotatable bonds is 3. The maximum atomic E-state index is 11.8. The van der Waals surface area contributed by atoms with Crippen molar-refractivity contribution < 1.29 is 9.59 Å². The van der Waals surface area contributed by atoms with Gasteiger partial charge in [-0.05, 0) is 36.8 Å². The molecule has 2 aromatic rings. The second-order valence-electron chi connectivity index (χ2n) is 4.74. The summed E-state index contributed by atoms with van der Waals surface area (Å²) in [6, 6.07) is 13.6. The fourth-order valence-corrected chi connectivity index (χ4v) is 1.74. The van der Waals surface area contributed by atoms with Gasteiger partial charge in [0, 0.05) is 17.8 Å².